The van der Waals surface area contributed by atoms with E-state index in [0.29, 0.717) is 5.57 Å². The van der Waals surface area contributed by atoms with Crippen LogP contribution in [0.15, 0.2) is 72.6 Å². The number of aromatic nitrogens is 2. The molecular weight excluding hydrogens is 368 g/mol. The van der Waals surface area contributed by atoms with E-state index >= 15 is 0 Å². The molecule has 0 saturated carbocycles. The van der Waals surface area contributed by atoms with Crippen LogP contribution in [0.4, 0.5) is 11.4 Å². The molecule has 1 amide bonds. The van der Waals surface area contributed by atoms with E-state index < -0.39 is 0 Å². The van der Waals surface area contributed by atoms with Crippen molar-refractivity contribution >= 4 is 44.4 Å². The predicted octanol–water partition coefficient (Wildman–Crippen LogP) is 4.69. The first-order valence-corrected chi connectivity index (χ1v) is 9.78. The van der Waals surface area contributed by atoms with Gasteiger partial charge in [-0.1, -0.05) is 12.1 Å². The second-order valence-corrected chi connectivity index (χ2v) is 7.43. The van der Waals surface area contributed by atoms with Crippen LogP contribution >= 0.6 is 11.3 Å². The molecule has 2 aromatic carbocycles. The van der Waals surface area contributed by atoms with E-state index in [9.17, 15) is 4.79 Å². The molecule has 3 heterocycles. The zero-order valence-electron chi connectivity index (χ0n) is 14.8. The van der Waals surface area contributed by atoms with Gasteiger partial charge in [0, 0.05) is 29.8 Å². The number of rotatable bonds is 4. The fraction of sp³-hybridized carbons (Fsp3) is 0.0455. The highest BCUT2D eigenvalue weighted by atomic mass is 32.1. The molecule has 5 nitrogen and oxygen atoms in total. The molecule has 0 atom stereocenters. The second-order valence-electron chi connectivity index (χ2n) is 6.57. The molecule has 0 unspecified atom stereocenters. The number of carbonyl (C=O) groups is 1. The van der Waals surface area contributed by atoms with Gasteiger partial charge in [-0.3, -0.25) is 9.78 Å². The van der Waals surface area contributed by atoms with Crippen LogP contribution in [0.3, 0.4) is 0 Å². The zero-order chi connectivity index (χ0) is 18.9. The molecule has 4 aromatic rings. The Balaban J connectivity index is 1.38. The maximum Gasteiger partial charge on any atom is 0.257 e. The highest BCUT2D eigenvalue weighted by molar-refractivity contribution is 7.17. The molecule has 0 bridgehead atoms. The first-order valence-electron chi connectivity index (χ1n) is 8.90. The Morgan fingerprint density at radius 3 is 2.61 bits per heavy atom. The summed E-state index contributed by atoms with van der Waals surface area (Å²) < 4.78 is 1.02. The van der Waals surface area contributed by atoms with Crippen molar-refractivity contribution in [3.63, 3.8) is 0 Å². The van der Waals surface area contributed by atoms with E-state index in [1.807, 2.05) is 48.8 Å². The molecular formula is C22H16N4OS. The molecule has 6 heteroatoms. The van der Waals surface area contributed by atoms with Crippen LogP contribution in [0.2, 0.25) is 0 Å². The fourth-order valence-electron chi connectivity index (χ4n) is 3.35. The smallest absolute Gasteiger partial charge is 0.257 e. The molecule has 0 radical (unpaired) electrons. The van der Waals surface area contributed by atoms with Crippen molar-refractivity contribution in [1.82, 2.24) is 9.97 Å². The monoisotopic (exact) mass is 384 g/mol. The molecule has 0 saturated heterocycles. The molecule has 5 rings (SSSR count). The molecule has 0 spiro atoms. The Morgan fingerprint density at radius 1 is 1.00 bits per heavy atom. The van der Waals surface area contributed by atoms with Gasteiger partial charge in [-0.25, -0.2) is 4.98 Å². The minimum atomic E-state index is -0.0993. The van der Waals surface area contributed by atoms with E-state index in [0.717, 1.165) is 33.6 Å². The number of fused-ring (bicyclic) bond motifs is 3. The summed E-state index contributed by atoms with van der Waals surface area (Å²) in [5, 5.41) is 6.19. The number of nitrogens with zero attached hydrogens (tertiary/aromatic N) is 2. The van der Waals surface area contributed by atoms with Gasteiger partial charge in [0.2, 0.25) is 0 Å². The molecule has 2 aromatic heterocycles. The lowest BCUT2D eigenvalue weighted by molar-refractivity contribution is -0.110. The summed E-state index contributed by atoms with van der Waals surface area (Å²) in [6, 6.07) is 16.1. The van der Waals surface area contributed by atoms with Gasteiger partial charge in [-0.15, -0.1) is 11.3 Å². The largest absolute Gasteiger partial charge is 0.361 e. The lowest BCUT2D eigenvalue weighted by Crippen LogP contribution is -2.05. The van der Waals surface area contributed by atoms with Gasteiger partial charge >= 0.3 is 0 Å². The van der Waals surface area contributed by atoms with Crippen LogP contribution < -0.4 is 10.6 Å². The standard InChI is InChI=1S/C22H16N4OS/c27-22-17(20-18(26-22)5-6-19-21(20)28-13-25-19)12-24-16-3-1-14(2-4-16)11-15-7-9-23-10-8-15/h1-10,12-13,24H,11H2,(H,26,27). The SMILES string of the molecule is O=C1Nc2ccc3ncsc3c2C1=CNc1ccc(Cc2ccncc2)cc1. The molecule has 0 aliphatic carbocycles. The maximum absolute atomic E-state index is 12.4. The van der Waals surface area contributed by atoms with Gasteiger partial charge in [-0.2, -0.15) is 0 Å². The molecule has 136 valence electrons. The van der Waals surface area contributed by atoms with Crippen LogP contribution in [-0.4, -0.2) is 15.9 Å². The number of hydrogen-bond donors (Lipinski definition) is 2. The van der Waals surface area contributed by atoms with Gasteiger partial charge in [0.05, 0.1) is 27.0 Å². The van der Waals surface area contributed by atoms with Gasteiger partial charge in [0.15, 0.2) is 0 Å². The Bertz CT molecular complexity index is 1200. The molecule has 28 heavy (non-hydrogen) atoms. The van der Waals surface area contributed by atoms with E-state index in [-0.39, 0.29) is 5.91 Å². The van der Waals surface area contributed by atoms with Gasteiger partial charge in [-0.05, 0) is 53.9 Å². The minimum absolute atomic E-state index is 0.0993. The topological polar surface area (TPSA) is 66.9 Å². The third kappa shape index (κ3) is 3.04. The van der Waals surface area contributed by atoms with Crippen LogP contribution in [-0.2, 0) is 11.2 Å². The average molecular weight is 384 g/mol. The van der Waals surface area contributed by atoms with E-state index in [4.69, 9.17) is 0 Å². The number of thiazole rings is 1. The summed E-state index contributed by atoms with van der Waals surface area (Å²) in [6.45, 7) is 0. The summed E-state index contributed by atoms with van der Waals surface area (Å²) >= 11 is 1.55. The van der Waals surface area contributed by atoms with Crippen LogP contribution in [0, 0.1) is 0 Å². The summed E-state index contributed by atoms with van der Waals surface area (Å²) in [7, 11) is 0. The molecule has 1 aliphatic rings. The lowest BCUT2D eigenvalue weighted by atomic mass is 10.1. The van der Waals surface area contributed by atoms with Crippen molar-refractivity contribution in [3.8, 4) is 0 Å². The van der Waals surface area contributed by atoms with Crippen molar-refractivity contribution in [1.29, 1.82) is 0 Å². The molecule has 2 N–H and O–H groups in total. The van der Waals surface area contributed by atoms with Crippen molar-refractivity contribution < 1.29 is 4.79 Å². The average Bonchev–Trinajstić information content (AvgIpc) is 3.32. The van der Waals surface area contributed by atoms with Gasteiger partial charge in [0.1, 0.15) is 0 Å². The first-order chi connectivity index (χ1) is 13.8. The third-order valence-corrected chi connectivity index (χ3v) is 5.62. The Hall–Kier alpha value is -3.51. The summed E-state index contributed by atoms with van der Waals surface area (Å²) in [6.07, 6.45) is 6.26. The Labute approximate surface area is 165 Å². The summed E-state index contributed by atoms with van der Waals surface area (Å²) in [5.41, 5.74) is 8.49. The number of carbonyl (C=O) groups excluding carboxylic acids is 1. The number of anilines is 2. The number of nitrogens with one attached hydrogen (secondary N) is 2. The van der Waals surface area contributed by atoms with Gasteiger partial charge < -0.3 is 10.6 Å². The highest BCUT2D eigenvalue weighted by Gasteiger charge is 2.27. The van der Waals surface area contributed by atoms with Crippen LogP contribution in [0.1, 0.15) is 16.7 Å². The minimum Gasteiger partial charge on any atom is -0.361 e. The van der Waals surface area contributed by atoms with E-state index in [1.54, 1.807) is 23.0 Å². The van der Waals surface area contributed by atoms with Crippen molar-refractivity contribution in [2.75, 3.05) is 10.6 Å². The van der Waals surface area contributed by atoms with Crippen molar-refractivity contribution in [2.24, 2.45) is 0 Å². The number of pyridine rings is 1. The Kier molecular flexibility index (Phi) is 4.10. The Morgan fingerprint density at radius 2 is 1.79 bits per heavy atom. The first kappa shape index (κ1) is 16.6. The van der Waals surface area contributed by atoms with Crippen molar-refractivity contribution in [2.45, 2.75) is 6.42 Å². The molecule has 1 aliphatic heterocycles. The number of amides is 1. The lowest BCUT2D eigenvalue weighted by Gasteiger charge is -2.06. The predicted molar refractivity (Wildman–Crippen MR) is 113 cm³/mol. The van der Waals surface area contributed by atoms with Crippen LogP contribution in [0.25, 0.3) is 15.8 Å². The molecule has 0 fully saturated rings. The van der Waals surface area contributed by atoms with E-state index in [1.165, 1.54) is 11.1 Å². The third-order valence-electron chi connectivity index (χ3n) is 4.76. The highest BCUT2D eigenvalue weighted by Crippen LogP contribution is 2.39. The van der Waals surface area contributed by atoms with Gasteiger partial charge in [0.25, 0.3) is 5.91 Å². The van der Waals surface area contributed by atoms with Crippen molar-refractivity contribution in [3.05, 3.63) is 89.3 Å². The summed E-state index contributed by atoms with van der Waals surface area (Å²) in [4.78, 5) is 20.8. The van der Waals surface area contributed by atoms with E-state index in [2.05, 4.69) is 32.7 Å². The van der Waals surface area contributed by atoms with Crippen LogP contribution in [0.5, 0.6) is 0 Å². The normalized spacial score (nSPS) is 14.3. The second kappa shape index (κ2) is 6.90. The maximum atomic E-state index is 12.4. The zero-order valence-corrected chi connectivity index (χ0v) is 15.7. The number of benzene rings is 2. The quantitative estimate of drug-likeness (QED) is 0.501. The summed E-state index contributed by atoms with van der Waals surface area (Å²) in [5.74, 6) is -0.0993. The number of hydrogen-bond acceptors (Lipinski definition) is 5. The fourth-order valence-corrected chi connectivity index (χ4v) is 4.20.